The Kier molecular flexibility index (Phi) is 4.27. The Morgan fingerprint density at radius 3 is 2.52 bits per heavy atom. The number of nitrogens with one attached hydrogen (secondary N) is 2. The third kappa shape index (κ3) is 3.75. The first kappa shape index (κ1) is 15.8. The molecular formula is C15H20BrN3O2. The second-order valence-corrected chi connectivity index (χ2v) is 7.13. The van der Waals surface area contributed by atoms with Crippen molar-refractivity contribution in [2.24, 2.45) is 0 Å². The first-order valence-corrected chi connectivity index (χ1v) is 7.66. The van der Waals surface area contributed by atoms with Gasteiger partial charge >= 0.3 is 6.03 Å². The summed E-state index contributed by atoms with van der Waals surface area (Å²) in [6, 6.07) is 3.53. The Labute approximate surface area is 133 Å². The van der Waals surface area contributed by atoms with Crippen LogP contribution in [0.15, 0.2) is 16.6 Å². The zero-order valence-corrected chi connectivity index (χ0v) is 14.3. The summed E-state index contributed by atoms with van der Waals surface area (Å²) < 4.78 is 0.887. The molecule has 0 fully saturated rings. The molecule has 1 aromatic carbocycles. The molecule has 0 saturated carbocycles. The molecule has 114 valence electrons. The molecule has 1 heterocycles. The number of anilines is 2. The summed E-state index contributed by atoms with van der Waals surface area (Å²) in [7, 11) is 0. The fourth-order valence-corrected chi connectivity index (χ4v) is 2.92. The maximum atomic E-state index is 12.1. The molecule has 0 bridgehead atoms. The lowest BCUT2D eigenvalue weighted by atomic mass is 10.1. The normalized spacial score (nSPS) is 13.9. The monoisotopic (exact) mass is 353 g/mol. The van der Waals surface area contributed by atoms with Crippen molar-refractivity contribution in [3.8, 4) is 0 Å². The summed E-state index contributed by atoms with van der Waals surface area (Å²) in [5, 5.41) is 5.70. The quantitative estimate of drug-likeness (QED) is 0.813. The molecule has 0 saturated heterocycles. The van der Waals surface area contributed by atoms with Gasteiger partial charge in [0.05, 0.1) is 11.4 Å². The molecule has 0 unspecified atom stereocenters. The average Bonchev–Trinajstić information content (AvgIpc) is 2.69. The predicted molar refractivity (Wildman–Crippen MR) is 87.8 cm³/mol. The molecule has 2 N–H and O–H groups in total. The fourth-order valence-electron chi connectivity index (χ4n) is 2.41. The van der Waals surface area contributed by atoms with Gasteiger partial charge in [-0.2, -0.15) is 0 Å². The van der Waals surface area contributed by atoms with Crippen LogP contribution in [0.2, 0.25) is 0 Å². The summed E-state index contributed by atoms with van der Waals surface area (Å²) in [5.41, 5.74) is 2.19. The van der Waals surface area contributed by atoms with E-state index in [1.54, 1.807) is 4.90 Å². The number of rotatable bonds is 1. The number of fused-ring (bicyclic) bond motifs is 1. The van der Waals surface area contributed by atoms with Crippen molar-refractivity contribution in [2.75, 3.05) is 16.8 Å². The van der Waals surface area contributed by atoms with Gasteiger partial charge < -0.3 is 15.5 Å². The summed E-state index contributed by atoms with van der Waals surface area (Å²) in [6.45, 7) is 7.94. The van der Waals surface area contributed by atoms with Gasteiger partial charge in [0.25, 0.3) is 0 Å². The summed E-state index contributed by atoms with van der Waals surface area (Å²) in [4.78, 5) is 25.5. The minimum Gasteiger partial charge on any atom is -0.333 e. The lowest BCUT2D eigenvalue weighted by molar-refractivity contribution is -0.116. The molecule has 1 aromatic rings. The number of halogens is 1. The van der Waals surface area contributed by atoms with Gasteiger partial charge in [-0.25, -0.2) is 4.79 Å². The summed E-state index contributed by atoms with van der Waals surface area (Å²) in [5.74, 6) is -0.0182. The highest BCUT2D eigenvalue weighted by Gasteiger charge is 2.27. The van der Waals surface area contributed by atoms with E-state index >= 15 is 0 Å². The maximum Gasteiger partial charge on any atom is 0.319 e. The first-order chi connectivity index (χ1) is 9.67. The predicted octanol–water partition coefficient (Wildman–Crippen LogP) is 3.28. The Balaban J connectivity index is 2.32. The number of hydrogen-bond acceptors (Lipinski definition) is 2. The van der Waals surface area contributed by atoms with Crippen LogP contribution in [0.25, 0.3) is 0 Å². The molecular weight excluding hydrogens is 334 g/mol. The molecule has 5 nitrogen and oxygen atoms in total. The van der Waals surface area contributed by atoms with Crippen LogP contribution in [0.5, 0.6) is 0 Å². The van der Waals surface area contributed by atoms with Crippen LogP contribution in [0.4, 0.5) is 16.2 Å². The van der Waals surface area contributed by atoms with E-state index in [4.69, 9.17) is 0 Å². The van der Waals surface area contributed by atoms with Crippen molar-refractivity contribution >= 4 is 39.2 Å². The zero-order valence-electron chi connectivity index (χ0n) is 12.7. The lowest BCUT2D eigenvalue weighted by Gasteiger charge is -2.23. The smallest absolute Gasteiger partial charge is 0.319 e. The number of hydrogen-bond donors (Lipinski definition) is 2. The van der Waals surface area contributed by atoms with Gasteiger partial charge in [-0.05, 0) is 44.9 Å². The van der Waals surface area contributed by atoms with E-state index in [-0.39, 0.29) is 17.5 Å². The molecule has 6 heteroatoms. The van der Waals surface area contributed by atoms with Gasteiger partial charge in [-0.15, -0.1) is 0 Å². The van der Waals surface area contributed by atoms with E-state index in [0.29, 0.717) is 12.2 Å². The standard InChI is InChI=1S/C15H20BrN3O2/c1-9(20)19-6-5-10-7-11(16)8-12(13(10)19)17-14(21)18-15(2,3)4/h7-8H,5-6H2,1-4H3,(H2,17,18,21). The maximum absolute atomic E-state index is 12.1. The topological polar surface area (TPSA) is 61.4 Å². The number of carbonyl (C=O) groups excluding carboxylic acids is 2. The molecule has 1 aliphatic heterocycles. The molecule has 3 amide bonds. The third-order valence-electron chi connectivity index (χ3n) is 3.15. The second-order valence-electron chi connectivity index (χ2n) is 6.21. The van der Waals surface area contributed by atoms with Crippen LogP contribution < -0.4 is 15.5 Å². The summed E-state index contributed by atoms with van der Waals surface area (Å²) >= 11 is 3.45. The molecule has 0 atom stereocenters. The molecule has 0 spiro atoms. The zero-order chi connectivity index (χ0) is 15.8. The SMILES string of the molecule is CC(=O)N1CCc2cc(Br)cc(NC(=O)NC(C)(C)C)c21. The van der Waals surface area contributed by atoms with E-state index in [9.17, 15) is 9.59 Å². The van der Waals surface area contributed by atoms with E-state index < -0.39 is 0 Å². The Morgan fingerprint density at radius 1 is 1.29 bits per heavy atom. The van der Waals surface area contributed by atoms with Gasteiger partial charge in [0, 0.05) is 23.5 Å². The molecule has 0 aliphatic carbocycles. The number of benzene rings is 1. The van der Waals surface area contributed by atoms with Gasteiger partial charge in [0.15, 0.2) is 0 Å². The Hall–Kier alpha value is -1.56. The van der Waals surface area contributed by atoms with Gasteiger partial charge in [-0.1, -0.05) is 15.9 Å². The Morgan fingerprint density at radius 2 is 1.95 bits per heavy atom. The van der Waals surface area contributed by atoms with Crippen LogP contribution in [0, 0.1) is 0 Å². The Bertz CT molecular complexity index is 593. The number of carbonyl (C=O) groups is 2. The number of amides is 3. The lowest BCUT2D eigenvalue weighted by Crippen LogP contribution is -2.43. The van der Waals surface area contributed by atoms with Crippen molar-refractivity contribution in [2.45, 2.75) is 39.7 Å². The van der Waals surface area contributed by atoms with E-state index in [1.807, 2.05) is 32.9 Å². The highest BCUT2D eigenvalue weighted by atomic mass is 79.9. The van der Waals surface area contributed by atoms with Crippen LogP contribution in [-0.4, -0.2) is 24.0 Å². The van der Waals surface area contributed by atoms with Gasteiger partial charge in [0.1, 0.15) is 0 Å². The van der Waals surface area contributed by atoms with E-state index in [1.165, 1.54) is 6.92 Å². The van der Waals surface area contributed by atoms with E-state index in [2.05, 4.69) is 26.6 Å². The largest absolute Gasteiger partial charge is 0.333 e. The molecule has 0 radical (unpaired) electrons. The molecule has 2 rings (SSSR count). The van der Waals surface area contributed by atoms with Crippen molar-refractivity contribution in [1.29, 1.82) is 0 Å². The van der Waals surface area contributed by atoms with Crippen LogP contribution >= 0.6 is 15.9 Å². The second kappa shape index (κ2) is 5.67. The molecule has 21 heavy (non-hydrogen) atoms. The first-order valence-electron chi connectivity index (χ1n) is 6.87. The fraction of sp³-hybridized carbons (Fsp3) is 0.467. The number of urea groups is 1. The highest BCUT2D eigenvalue weighted by Crippen LogP contribution is 2.38. The van der Waals surface area contributed by atoms with Crippen molar-refractivity contribution in [1.82, 2.24) is 5.32 Å². The van der Waals surface area contributed by atoms with Gasteiger partial charge in [0.2, 0.25) is 5.91 Å². The third-order valence-corrected chi connectivity index (χ3v) is 3.60. The highest BCUT2D eigenvalue weighted by molar-refractivity contribution is 9.10. The van der Waals surface area contributed by atoms with Crippen molar-refractivity contribution in [3.05, 3.63) is 22.2 Å². The van der Waals surface area contributed by atoms with Crippen LogP contribution in [0.3, 0.4) is 0 Å². The van der Waals surface area contributed by atoms with E-state index in [0.717, 1.165) is 22.1 Å². The minimum absolute atomic E-state index is 0.0182. The molecule has 0 aromatic heterocycles. The van der Waals surface area contributed by atoms with Crippen LogP contribution in [-0.2, 0) is 11.2 Å². The van der Waals surface area contributed by atoms with Crippen molar-refractivity contribution < 1.29 is 9.59 Å². The van der Waals surface area contributed by atoms with Crippen molar-refractivity contribution in [3.63, 3.8) is 0 Å². The summed E-state index contributed by atoms with van der Waals surface area (Å²) in [6.07, 6.45) is 0.796. The van der Waals surface area contributed by atoms with Gasteiger partial charge in [-0.3, -0.25) is 4.79 Å². The minimum atomic E-state index is -0.320. The van der Waals surface area contributed by atoms with Crippen LogP contribution in [0.1, 0.15) is 33.3 Å². The average molecular weight is 354 g/mol. The number of nitrogens with zero attached hydrogens (tertiary/aromatic N) is 1. The molecule has 1 aliphatic rings.